The number of para-hydroxylation sites is 2. The molecule has 0 fully saturated rings. The van der Waals surface area contributed by atoms with Gasteiger partial charge in [0, 0.05) is 32.7 Å². The molecular weight excluding hydrogens is 700 g/mol. The van der Waals surface area contributed by atoms with Crippen LogP contribution in [0.25, 0.3) is 88.4 Å². The van der Waals surface area contributed by atoms with Crippen molar-refractivity contribution >= 4 is 43.6 Å². The fourth-order valence-corrected chi connectivity index (χ4v) is 8.40. The van der Waals surface area contributed by atoms with Crippen LogP contribution in [-0.4, -0.2) is 9.13 Å². The molecule has 0 saturated heterocycles. The highest BCUT2D eigenvalue weighted by Gasteiger charge is 2.25. The Morgan fingerprint density at radius 1 is 0.421 bits per heavy atom. The van der Waals surface area contributed by atoms with E-state index in [0.29, 0.717) is 28.1 Å². The molecule has 8 aromatic carbocycles. The molecule has 268 valence electrons. The largest absolute Gasteiger partial charge is 0.308 e. The van der Waals surface area contributed by atoms with Crippen LogP contribution in [0.1, 0.15) is 22.3 Å². The Labute approximate surface area is 329 Å². The molecule has 5 heteroatoms. The number of hydrogen-bond acceptors (Lipinski definition) is 2. The Bertz CT molecular complexity index is 3150. The molecule has 10 aromatic rings. The van der Waals surface area contributed by atoms with Gasteiger partial charge in [-0.15, -0.1) is 0 Å². The van der Waals surface area contributed by atoms with E-state index < -0.39 is 5.82 Å². The molecule has 0 N–H and O–H groups in total. The van der Waals surface area contributed by atoms with Crippen LogP contribution in [-0.2, 0) is 0 Å². The van der Waals surface area contributed by atoms with Gasteiger partial charge in [0.25, 0.3) is 0 Å². The summed E-state index contributed by atoms with van der Waals surface area (Å²) in [5.41, 5.74) is 13.2. The molecule has 4 nitrogen and oxygen atoms in total. The second-order valence-corrected chi connectivity index (χ2v) is 14.7. The normalized spacial score (nSPS) is 11.4. The van der Waals surface area contributed by atoms with E-state index in [1.54, 1.807) is 12.1 Å². The first-order valence-corrected chi connectivity index (χ1v) is 18.9. The van der Waals surface area contributed by atoms with Crippen LogP contribution in [0.15, 0.2) is 164 Å². The summed E-state index contributed by atoms with van der Waals surface area (Å²) in [7, 11) is 0. The molecule has 0 amide bonds. The van der Waals surface area contributed by atoms with Crippen molar-refractivity contribution in [1.29, 1.82) is 10.5 Å². The molecule has 0 aliphatic heterocycles. The quantitative estimate of drug-likeness (QED) is 0.177. The van der Waals surface area contributed by atoms with Crippen LogP contribution >= 0.6 is 0 Å². The maximum absolute atomic E-state index is 16.8. The SMILES string of the molecule is Cc1ccc(-c2ccc3c4ccccc4n(-c4cc(C#N)cc(-n5c6ccccc6c6ccc(-c7ccc(C)cc7)cc65)c4-c4ccc(C#N)cc4F)c3c2)cc1. The number of benzene rings is 8. The van der Waals surface area contributed by atoms with Gasteiger partial charge in [-0.3, -0.25) is 0 Å². The third-order valence-corrected chi connectivity index (χ3v) is 11.2. The Morgan fingerprint density at radius 3 is 1.32 bits per heavy atom. The summed E-state index contributed by atoms with van der Waals surface area (Å²) in [6.07, 6.45) is 0. The van der Waals surface area contributed by atoms with Crippen LogP contribution in [0.2, 0.25) is 0 Å². The van der Waals surface area contributed by atoms with E-state index in [1.165, 1.54) is 17.2 Å². The van der Waals surface area contributed by atoms with Crippen LogP contribution in [0.5, 0.6) is 0 Å². The predicted molar refractivity (Wildman–Crippen MR) is 230 cm³/mol. The zero-order valence-corrected chi connectivity index (χ0v) is 31.3. The van der Waals surface area contributed by atoms with Gasteiger partial charge in [-0.1, -0.05) is 120 Å². The minimum absolute atomic E-state index is 0.229. The lowest BCUT2D eigenvalue weighted by molar-refractivity contribution is 0.630. The zero-order valence-electron chi connectivity index (χ0n) is 31.3. The van der Waals surface area contributed by atoms with Crippen molar-refractivity contribution in [2.24, 2.45) is 0 Å². The maximum Gasteiger partial charge on any atom is 0.132 e. The number of rotatable bonds is 5. The fourth-order valence-electron chi connectivity index (χ4n) is 8.40. The standard InChI is InChI=1S/C52H33FN4/c1-32-11-16-36(17-12-32)38-20-23-42-40-7-3-5-9-46(40)56(48(42)28-38)50-26-35(31-55)27-51(52(50)44-22-15-34(30-54)25-45(44)53)57-47-10-6-4-8-41(47)43-24-21-39(29-49(43)57)37-18-13-33(2)14-19-37/h3-29H,1-2H3. The summed E-state index contributed by atoms with van der Waals surface area (Å²) < 4.78 is 21.1. The number of nitrogens with zero attached hydrogens (tertiary/aromatic N) is 4. The Balaban J connectivity index is 1.37. The highest BCUT2D eigenvalue weighted by Crippen LogP contribution is 2.44. The third kappa shape index (κ3) is 5.48. The second-order valence-electron chi connectivity index (χ2n) is 14.7. The van der Waals surface area contributed by atoms with Gasteiger partial charge >= 0.3 is 0 Å². The van der Waals surface area contributed by atoms with Crippen molar-refractivity contribution < 1.29 is 4.39 Å². The minimum Gasteiger partial charge on any atom is -0.308 e. The van der Waals surface area contributed by atoms with Gasteiger partial charge in [-0.2, -0.15) is 10.5 Å². The van der Waals surface area contributed by atoms with Crippen molar-refractivity contribution in [1.82, 2.24) is 9.13 Å². The lowest BCUT2D eigenvalue weighted by Crippen LogP contribution is -2.06. The summed E-state index contributed by atoms with van der Waals surface area (Å²) in [5.74, 6) is -0.525. The highest BCUT2D eigenvalue weighted by molar-refractivity contribution is 6.13. The van der Waals surface area contributed by atoms with Gasteiger partial charge in [0.1, 0.15) is 5.82 Å². The first-order chi connectivity index (χ1) is 27.9. The minimum atomic E-state index is -0.525. The highest BCUT2D eigenvalue weighted by atomic mass is 19.1. The summed E-state index contributed by atoms with van der Waals surface area (Å²) >= 11 is 0. The molecule has 0 spiro atoms. The molecule has 2 heterocycles. The number of nitriles is 2. The van der Waals surface area contributed by atoms with E-state index in [-0.39, 0.29) is 5.56 Å². The molecule has 0 bridgehead atoms. The number of aryl methyl sites for hydroxylation is 2. The molecule has 10 rings (SSSR count). The van der Waals surface area contributed by atoms with Gasteiger partial charge in [0.05, 0.1) is 56.7 Å². The lowest BCUT2D eigenvalue weighted by Gasteiger charge is -2.21. The fraction of sp³-hybridized carbons (Fsp3) is 0.0385. The average molecular weight is 733 g/mol. The van der Waals surface area contributed by atoms with E-state index in [2.05, 4.69) is 144 Å². The van der Waals surface area contributed by atoms with Gasteiger partial charge in [-0.05, 0) is 90.7 Å². The molecule has 0 saturated carbocycles. The third-order valence-electron chi connectivity index (χ3n) is 11.2. The molecule has 0 radical (unpaired) electrons. The van der Waals surface area contributed by atoms with Crippen molar-refractivity contribution in [3.8, 4) is 56.9 Å². The molecule has 0 atom stereocenters. The Hall–Kier alpha value is -7.73. The van der Waals surface area contributed by atoms with Crippen LogP contribution in [0.4, 0.5) is 4.39 Å². The number of aromatic nitrogens is 2. The molecule has 0 unspecified atom stereocenters. The number of halogens is 1. The molecule has 0 aliphatic carbocycles. The topological polar surface area (TPSA) is 57.4 Å². The lowest BCUT2D eigenvalue weighted by atomic mass is 9.96. The van der Waals surface area contributed by atoms with Gasteiger partial charge in [0.2, 0.25) is 0 Å². The Kier molecular flexibility index (Phi) is 7.85. The van der Waals surface area contributed by atoms with Crippen LogP contribution in [0, 0.1) is 42.3 Å². The van der Waals surface area contributed by atoms with Crippen LogP contribution in [0.3, 0.4) is 0 Å². The van der Waals surface area contributed by atoms with Gasteiger partial charge in [-0.25, -0.2) is 4.39 Å². The van der Waals surface area contributed by atoms with Crippen molar-refractivity contribution in [2.45, 2.75) is 13.8 Å². The molecular formula is C52H33FN4. The molecule has 2 aromatic heterocycles. The smallest absolute Gasteiger partial charge is 0.132 e. The average Bonchev–Trinajstić information content (AvgIpc) is 3.76. The summed E-state index contributed by atoms with van der Waals surface area (Å²) in [6.45, 7) is 4.16. The predicted octanol–water partition coefficient (Wildman–Crippen LogP) is 13.4. The van der Waals surface area contributed by atoms with Crippen molar-refractivity contribution in [2.75, 3.05) is 0 Å². The zero-order chi connectivity index (χ0) is 38.8. The molecule has 57 heavy (non-hydrogen) atoms. The van der Waals surface area contributed by atoms with Crippen LogP contribution < -0.4 is 0 Å². The number of hydrogen-bond donors (Lipinski definition) is 0. The number of fused-ring (bicyclic) bond motifs is 6. The second kappa shape index (κ2) is 13.2. The van der Waals surface area contributed by atoms with Crippen molar-refractivity contribution in [3.63, 3.8) is 0 Å². The maximum atomic E-state index is 16.8. The van der Waals surface area contributed by atoms with E-state index in [4.69, 9.17) is 0 Å². The monoisotopic (exact) mass is 732 g/mol. The molecule has 0 aliphatic rings. The first-order valence-electron chi connectivity index (χ1n) is 18.9. The summed E-state index contributed by atoms with van der Waals surface area (Å²) in [4.78, 5) is 0. The van der Waals surface area contributed by atoms with E-state index in [9.17, 15) is 10.5 Å². The van der Waals surface area contributed by atoms with Gasteiger partial charge < -0.3 is 9.13 Å². The van der Waals surface area contributed by atoms with E-state index >= 15 is 4.39 Å². The van der Waals surface area contributed by atoms with E-state index in [1.807, 2.05) is 36.4 Å². The summed E-state index contributed by atoms with van der Waals surface area (Å²) in [6, 6.07) is 59.3. The van der Waals surface area contributed by atoms with Crippen molar-refractivity contribution in [3.05, 3.63) is 192 Å². The first kappa shape index (κ1) is 33.8. The summed E-state index contributed by atoms with van der Waals surface area (Å²) in [5, 5.41) is 24.7. The van der Waals surface area contributed by atoms with Gasteiger partial charge in [0.15, 0.2) is 0 Å². The van der Waals surface area contributed by atoms with E-state index in [0.717, 1.165) is 65.9 Å². The Morgan fingerprint density at radius 2 is 0.860 bits per heavy atom.